The van der Waals surface area contributed by atoms with Gasteiger partial charge >= 0.3 is 0 Å². The van der Waals surface area contributed by atoms with E-state index in [2.05, 4.69) is 5.32 Å². The summed E-state index contributed by atoms with van der Waals surface area (Å²) in [5, 5.41) is 94.0. The van der Waals surface area contributed by atoms with Crippen LogP contribution < -0.4 is 5.32 Å². The number of aliphatic hydroxyl groups is 9. The summed E-state index contributed by atoms with van der Waals surface area (Å²) in [6.45, 7) is 1.03. The summed E-state index contributed by atoms with van der Waals surface area (Å²) < 4.78 is 27.2. The lowest BCUT2D eigenvalue weighted by Crippen LogP contribution is -2.67. The SMILES string of the molecule is CC(=O)N[C@@H]1O[C@H](CO)[C@@H](O[C@@H]2O[C@H](CO)[C@H](O)[C@H](O[C@H]3O[C@H](C)[C@H](O)[C@H](O)[C@H]3O)[C@H]2O)[C@H](O)[C@H]1O. The van der Waals surface area contributed by atoms with E-state index in [-0.39, 0.29) is 0 Å². The predicted molar refractivity (Wildman–Crippen MR) is 111 cm³/mol. The van der Waals surface area contributed by atoms with Gasteiger partial charge in [-0.05, 0) is 6.92 Å². The number of ether oxygens (including phenoxy) is 5. The monoisotopic (exact) mass is 529 g/mol. The predicted octanol–water partition coefficient (Wildman–Crippen LogP) is -6.40. The van der Waals surface area contributed by atoms with E-state index in [0.29, 0.717) is 0 Å². The van der Waals surface area contributed by atoms with Crippen molar-refractivity contribution in [1.82, 2.24) is 5.32 Å². The fourth-order valence-electron chi connectivity index (χ4n) is 4.34. The number of aliphatic hydroxyl groups excluding tert-OH is 9. The molecular weight excluding hydrogens is 494 g/mol. The molecule has 3 saturated heterocycles. The van der Waals surface area contributed by atoms with Gasteiger partial charge in [0, 0.05) is 6.92 Å². The Balaban J connectivity index is 1.77. The highest BCUT2D eigenvalue weighted by Gasteiger charge is 2.53. The summed E-state index contributed by atoms with van der Waals surface area (Å²) in [5.74, 6) is -0.577. The highest BCUT2D eigenvalue weighted by Crippen LogP contribution is 2.32. The molecule has 0 saturated carbocycles. The summed E-state index contributed by atoms with van der Waals surface area (Å²) in [7, 11) is 0. The van der Waals surface area contributed by atoms with Gasteiger partial charge in [-0.15, -0.1) is 0 Å². The number of rotatable bonds is 7. The van der Waals surface area contributed by atoms with E-state index in [0.717, 1.165) is 6.92 Å². The molecule has 0 spiro atoms. The first-order valence-electron chi connectivity index (χ1n) is 11.4. The van der Waals surface area contributed by atoms with Crippen LogP contribution in [-0.4, -0.2) is 157 Å². The molecule has 16 heteroatoms. The van der Waals surface area contributed by atoms with E-state index in [1.54, 1.807) is 0 Å². The largest absolute Gasteiger partial charge is 0.394 e. The fraction of sp³-hybridized carbons (Fsp3) is 0.950. The van der Waals surface area contributed by atoms with Crippen molar-refractivity contribution in [3.8, 4) is 0 Å². The first-order chi connectivity index (χ1) is 16.9. The van der Waals surface area contributed by atoms with Gasteiger partial charge in [0.2, 0.25) is 5.91 Å². The Morgan fingerprint density at radius 1 is 0.694 bits per heavy atom. The Bertz CT molecular complexity index is 729. The third-order valence-corrected chi connectivity index (χ3v) is 6.42. The van der Waals surface area contributed by atoms with Crippen molar-refractivity contribution in [1.29, 1.82) is 0 Å². The summed E-state index contributed by atoms with van der Waals surface area (Å²) in [5.41, 5.74) is 0. The Hall–Kier alpha value is -1.09. The number of hydrogen-bond donors (Lipinski definition) is 10. The van der Waals surface area contributed by atoms with Crippen LogP contribution in [0.2, 0.25) is 0 Å². The van der Waals surface area contributed by atoms with Crippen LogP contribution in [0, 0.1) is 0 Å². The average molecular weight is 529 g/mol. The van der Waals surface area contributed by atoms with Gasteiger partial charge < -0.3 is 75.0 Å². The molecule has 0 bridgehead atoms. The first-order valence-corrected chi connectivity index (χ1v) is 11.4. The maximum Gasteiger partial charge on any atom is 0.218 e. The van der Waals surface area contributed by atoms with Crippen LogP contribution in [0.4, 0.5) is 0 Å². The molecule has 36 heavy (non-hydrogen) atoms. The molecule has 16 nitrogen and oxygen atoms in total. The molecule has 0 aromatic heterocycles. The molecule has 0 aliphatic carbocycles. The lowest BCUT2D eigenvalue weighted by Gasteiger charge is -2.48. The van der Waals surface area contributed by atoms with E-state index in [9.17, 15) is 50.8 Å². The van der Waals surface area contributed by atoms with Crippen molar-refractivity contribution in [3.63, 3.8) is 0 Å². The second-order valence-corrected chi connectivity index (χ2v) is 9.05. The second kappa shape index (κ2) is 12.2. The minimum absolute atomic E-state index is 0.577. The van der Waals surface area contributed by atoms with Gasteiger partial charge in [-0.1, -0.05) is 0 Å². The fourth-order valence-corrected chi connectivity index (χ4v) is 4.34. The maximum absolute atomic E-state index is 11.3. The zero-order valence-corrected chi connectivity index (χ0v) is 19.5. The molecule has 3 aliphatic heterocycles. The van der Waals surface area contributed by atoms with Crippen molar-refractivity contribution in [2.75, 3.05) is 13.2 Å². The van der Waals surface area contributed by atoms with Gasteiger partial charge in [0.15, 0.2) is 18.8 Å². The van der Waals surface area contributed by atoms with E-state index in [1.807, 2.05) is 0 Å². The Morgan fingerprint density at radius 2 is 1.28 bits per heavy atom. The van der Waals surface area contributed by atoms with Gasteiger partial charge in [0.1, 0.15) is 67.1 Å². The first kappa shape index (κ1) is 29.5. The third kappa shape index (κ3) is 5.97. The molecule has 0 radical (unpaired) electrons. The van der Waals surface area contributed by atoms with Crippen LogP contribution in [0.25, 0.3) is 0 Å². The van der Waals surface area contributed by atoms with Gasteiger partial charge in [0.05, 0.1) is 19.3 Å². The smallest absolute Gasteiger partial charge is 0.218 e. The minimum atomic E-state index is -1.85. The molecule has 3 heterocycles. The third-order valence-electron chi connectivity index (χ3n) is 6.42. The Morgan fingerprint density at radius 3 is 1.86 bits per heavy atom. The average Bonchev–Trinajstić information content (AvgIpc) is 2.84. The zero-order valence-electron chi connectivity index (χ0n) is 19.5. The molecule has 3 aliphatic rings. The van der Waals surface area contributed by atoms with Crippen LogP contribution in [0.5, 0.6) is 0 Å². The highest BCUT2D eigenvalue weighted by atomic mass is 16.7. The van der Waals surface area contributed by atoms with Crippen molar-refractivity contribution in [2.45, 2.75) is 106 Å². The van der Waals surface area contributed by atoms with E-state index >= 15 is 0 Å². The normalized spacial score (nSPS) is 50.0. The quantitative estimate of drug-likeness (QED) is 0.147. The molecule has 0 unspecified atom stereocenters. The van der Waals surface area contributed by atoms with E-state index in [4.69, 9.17) is 23.7 Å². The summed E-state index contributed by atoms with van der Waals surface area (Å²) in [4.78, 5) is 11.3. The topological polar surface area (TPSA) is 257 Å². The minimum Gasteiger partial charge on any atom is -0.394 e. The van der Waals surface area contributed by atoms with Crippen molar-refractivity contribution < 1.29 is 74.4 Å². The maximum atomic E-state index is 11.3. The molecule has 0 aromatic rings. The number of amides is 1. The molecule has 3 rings (SSSR count). The van der Waals surface area contributed by atoms with Crippen LogP contribution in [0.15, 0.2) is 0 Å². The van der Waals surface area contributed by atoms with Gasteiger partial charge in [-0.25, -0.2) is 0 Å². The molecule has 1 amide bonds. The van der Waals surface area contributed by atoms with Crippen molar-refractivity contribution in [2.24, 2.45) is 0 Å². The van der Waals surface area contributed by atoms with E-state index in [1.165, 1.54) is 6.92 Å². The zero-order chi connectivity index (χ0) is 26.9. The summed E-state index contributed by atoms with van der Waals surface area (Å²) in [6.07, 6.45) is -23.4. The second-order valence-electron chi connectivity index (χ2n) is 9.05. The number of hydrogen-bond acceptors (Lipinski definition) is 15. The lowest BCUT2D eigenvalue weighted by molar-refractivity contribution is -0.372. The number of nitrogens with one attached hydrogen (secondary N) is 1. The number of carbonyl (C=O) groups excluding carboxylic acids is 1. The molecule has 10 N–H and O–H groups in total. The van der Waals surface area contributed by atoms with Gasteiger partial charge in [-0.2, -0.15) is 0 Å². The van der Waals surface area contributed by atoms with E-state index < -0.39 is 111 Å². The molecular formula is C20H35NO15. The van der Waals surface area contributed by atoms with Crippen LogP contribution in [0.3, 0.4) is 0 Å². The highest BCUT2D eigenvalue weighted by molar-refractivity contribution is 5.73. The molecule has 0 aromatic carbocycles. The van der Waals surface area contributed by atoms with Crippen molar-refractivity contribution in [3.05, 3.63) is 0 Å². The van der Waals surface area contributed by atoms with Crippen LogP contribution in [-0.2, 0) is 28.5 Å². The van der Waals surface area contributed by atoms with Crippen molar-refractivity contribution >= 4 is 5.91 Å². The van der Waals surface area contributed by atoms with Gasteiger partial charge in [0.25, 0.3) is 0 Å². The summed E-state index contributed by atoms with van der Waals surface area (Å²) in [6, 6.07) is 0. The number of carbonyl (C=O) groups is 1. The molecule has 3 fully saturated rings. The van der Waals surface area contributed by atoms with Crippen LogP contribution >= 0.6 is 0 Å². The van der Waals surface area contributed by atoms with Crippen LogP contribution in [0.1, 0.15) is 13.8 Å². The Labute approximate surface area is 205 Å². The molecule has 15 atom stereocenters. The lowest BCUT2D eigenvalue weighted by atomic mass is 9.96. The Kier molecular flexibility index (Phi) is 9.97. The standard InChI is InChI=1S/C20H35NO15/c1-5-9(25)11(27)14(30)19(32-5)36-17-10(26)7(3-22)34-20(15(17)31)35-16-8(4-23)33-18(21-6(2)24)13(29)12(16)28/h5,7-20,22-23,25-31H,3-4H2,1-2H3,(H,21,24)/t5-,7-,8-,9+,10+,11+,12-,13-,14-,15-,16-,17+,18-,19-,20+/m1/s1. The van der Waals surface area contributed by atoms with Gasteiger partial charge in [-0.3, -0.25) is 4.79 Å². The molecule has 210 valence electrons. The summed E-state index contributed by atoms with van der Waals surface area (Å²) >= 11 is 0.